The Hall–Kier alpha value is -2.72. The quantitative estimate of drug-likeness (QED) is 0.320. The maximum atomic E-state index is 8.00. The van der Waals surface area contributed by atoms with Gasteiger partial charge in [-0.1, -0.05) is 77.4 Å². The van der Waals surface area contributed by atoms with Crippen LogP contribution in [0.3, 0.4) is 0 Å². The Morgan fingerprint density at radius 2 is 1.80 bits per heavy atom. The van der Waals surface area contributed by atoms with Crippen molar-refractivity contribution in [1.29, 1.82) is 0 Å². The first-order valence-electron chi connectivity index (χ1n) is 15.1. The standard InChI is InChI=1S/C32H42N2O.C2H6.CH2O.CH4/c1-23-29-22-27(35-20-19-33-3)14-13-26(29)21-30(23)31-16-18-32(2,34-31)17-15-25-11-7-8-12-28(25)24-9-5-4-6-10-24;2*1-2;/h7-8,11-14,22,24,30,33H,1,4-6,9-10,15-21H2,2-3H3;1-2H3;1H2;1H4. The predicted octanol–water partition coefficient (Wildman–Crippen LogP) is 8.62. The lowest BCUT2D eigenvalue weighted by Gasteiger charge is -2.26. The first-order chi connectivity index (χ1) is 19.1. The molecule has 3 aliphatic rings. The summed E-state index contributed by atoms with van der Waals surface area (Å²) in [5, 5.41) is 3.13. The van der Waals surface area contributed by atoms with Crippen LogP contribution in [0.1, 0.15) is 108 Å². The van der Waals surface area contributed by atoms with Gasteiger partial charge in [-0.05, 0) is 105 Å². The molecule has 0 aromatic heterocycles. The Morgan fingerprint density at radius 3 is 2.52 bits per heavy atom. The number of nitrogens with zero attached hydrogens (tertiary/aromatic N) is 1. The summed E-state index contributed by atoms with van der Waals surface area (Å²) in [5.41, 5.74) is 8.48. The molecule has 1 N–H and O–H groups in total. The number of likely N-dealkylation sites (N-methyl/N-ethyl adjacent to an activating group) is 1. The second kappa shape index (κ2) is 16.5. The van der Waals surface area contributed by atoms with Gasteiger partial charge in [-0.3, -0.25) is 4.99 Å². The number of rotatable bonds is 9. The second-order valence-corrected chi connectivity index (χ2v) is 11.2. The largest absolute Gasteiger partial charge is 0.492 e. The molecule has 5 rings (SSSR count). The van der Waals surface area contributed by atoms with E-state index in [4.69, 9.17) is 14.5 Å². The molecule has 1 fully saturated rings. The number of aliphatic imine (C=N–C) groups is 1. The lowest BCUT2D eigenvalue weighted by Crippen LogP contribution is -2.20. The van der Waals surface area contributed by atoms with Gasteiger partial charge in [0, 0.05) is 18.2 Å². The zero-order valence-corrected chi connectivity index (χ0v) is 24.9. The van der Waals surface area contributed by atoms with Gasteiger partial charge < -0.3 is 14.8 Å². The summed E-state index contributed by atoms with van der Waals surface area (Å²) in [7, 11) is 1.95. The smallest absolute Gasteiger partial charge is 0.119 e. The summed E-state index contributed by atoms with van der Waals surface area (Å²) in [6.07, 6.45) is 12.5. The Morgan fingerprint density at radius 1 is 1.07 bits per heavy atom. The normalized spacial score (nSPS) is 21.6. The molecule has 2 aliphatic carbocycles. The van der Waals surface area contributed by atoms with Crippen LogP contribution in [0, 0.1) is 5.92 Å². The number of fused-ring (bicyclic) bond motifs is 1. The average molecular weight is 547 g/mol. The molecular formula is C36H54N2O2. The van der Waals surface area contributed by atoms with Gasteiger partial charge >= 0.3 is 0 Å². The van der Waals surface area contributed by atoms with E-state index in [1.165, 1.54) is 54.5 Å². The van der Waals surface area contributed by atoms with Crippen LogP contribution in [-0.4, -0.2) is 38.2 Å². The fraction of sp³-hybridized carbons (Fsp3) is 0.556. The van der Waals surface area contributed by atoms with Crippen molar-refractivity contribution < 1.29 is 9.53 Å². The Bertz CT molecular complexity index is 1100. The minimum Gasteiger partial charge on any atom is -0.492 e. The van der Waals surface area contributed by atoms with Crippen molar-refractivity contribution >= 4 is 18.1 Å². The highest BCUT2D eigenvalue weighted by Crippen LogP contribution is 2.43. The molecule has 40 heavy (non-hydrogen) atoms. The van der Waals surface area contributed by atoms with Gasteiger partial charge in [-0.2, -0.15) is 0 Å². The molecule has 1 aliphatic heterocycles. The third-order valence-corrected chi connectivity index (χ3v) is 8.66. The predicted molar refractivity (Wildman–Crippen MR) is 173 cm³/mol. The van der Waals surface area contributed by atoms with Crippen LogP contribution in [-0.2, 0) is 17.6 Å². The summed E-state index contributed by atoms with van der Waals surface area (Å²) in [5.74, 6) is 2.06. The van der Waals surface area contributed by atoms with Crippen molar-refractivity contribution in [3.8, 4) is 5.75 Å². The molecule has 2 aromatic carbocycles. The summed E-state index contributed by atoms with van der Waals surface area (Å²) in [6.45, 7) is 14.4. The van der Waals surface area contributed by atoms with E-state index >= 15 is 0 Å². The van der Waals surface area contributed by atoms with E-state index in [1.807, 2.05) is 27.7 Å². The highest BCUT2D eigenvalue weighted by atomic mass is 16.5. The Kier molecular flexibility index (Phi) is 13.8. The van der Waals surface area contributed by atoms with E-state index in [-0.39, 0.29) is 13.0 Å². The van der Waals surface area contributed by atoms with Crippen molar-refractivity contribution in [3.05, 3.63) is 71.3 Å². The molecule has 0 bridgehead atoms. The number of carbonyl (C=O) groups excluding carboxylic acids is 1. The molecule has 4 heteroatoms. The van der Waals surface area contributed by atoms with E-state index < -0.39 is 0 Å². The number of benzene rings is 2. The zero-order valence-electron chi connectivity index (χ0n) is 24.9. The second-order valence-electron chi connectivity index (χ2n) is 11.2. The Balaban J connectivity index is 0.00000107. The van der Waals surface area contributed by atoms with E-state index in [2.05, 4.69) is 61.3 Å². The van der Waals surface area contributed by atoms with E-state index in [0.29, 0.717) is 12.5 Å². The van der Waals surface area contributed by atoms with Crippen molar-refractivity contribution in [3.63, 3.8) is 0 Å². The molecule has 1 heterocycles. The zero-order chi connectivity index (χ0) is 28.3. The minimum absolute atomic E-state index is 0. The molecule has 0 spiro atoms. The van der Waals surface area contributed by atoms with Crippen LogP contribution < -0.4 is 10.1 Å². The highest BCUT2D eigenvalue weighted by molar-refractivity contribution is 6.00. The SMILES string of the molecule is C.C=C1c2cc(OCCNC)ccc2CC1C1=NC(C)(CCc2ccccc2C2CCCCC2)CC1.C=O.CC. The molecule has 2 aromatic rings. The number of allylic oxidation sites excluding steroid dienone is 1. The van der Waals surface area contributed by atoms with Gasteiger partial charge in [0.2, 0.25) is 0 Å². The molecule has 2 unspecified atom stereocenters. The average Bonchev–Trinajstić information content (AvgIpc) is 3.54. The third-order valence-electron chi connectivity index (χ3n) is 8.66. The number of hydrogen-bond donors (Lipinski definition) is 1. The van der Waals surface area contributed by atoms with Crippen LogP contribution in [0.5, 0.6) is 5.75 Å². The van der Waals surface area contributed by atoms with Gasteiger partial charge in [0.1, 0.15) is 19.1 Å². The molecule has 0 saturated heterocycles. The fourth-order valence-corrected chi connectivity index (χ4v) is 6.51. The first-order valence-corrected chi connectivity index (χ1v) is 15.1. The molecule has 0 amide bonds. The van der Waals surface area contributed by atoms with E-state index in [1.54, 1.807) is 11.1 Å². The minimum atomic E-state index is 0. The monoisotopic (exact) mass is 546 g/mol. The summed E-state index contributed by atoms with van der Waals surface area (Å²) in [6, 6.07) is 15.8. The van der Waals surface area contributed by atoms with Crippen LogP contribution in [0.15, 0.2) is 54.0 Å². The van der Waals surface area contributed by atoms with Gasteiger partial charge in [0.15, 0.2) is 0 Å². The number of aryl methyl sites for hydroxylation is 1. The molecule has 220 valence electrons. The highest BCUT2D eigenvalue weighted by Gasteiger charge is 2.37. The maximum Gasteiger partial charge on any atom is 0.119 e. The van der Waals surface area contributed by atoms with Gasteiger partial charge in [-0.15, -0.1) is 0 Å². The van der Waals surface area contributed by atoms with E-state index in [0.717, 1.165) is 50.3 Å². The fourth-order valence-electron chi connectivity index (χ4n) is 6.51. The van der Waals surface area contributed by atoms with Crippen LogP contribution >= 0.6 is 0 Å². The Labute approximate surface area is 244 Å². The van der Waals surface area contributed by atoms with Crippen molar-refractivity contribution in [1.82, 2.24) is 5.32 Å². The van der Waals surface area contributed by atoms with Crippen LogP contribution in [0.2, 0.25) is 0 Å². The number of carbonyl (C=O) groups is 1. The lowest BCUT2D eigenvalue weighted by atomic mass is 9.80. The van der Waals surface area contributed by atoms with Crippen molar-refractivity contribution in [2.75, 3.05) is 20.2 Å². The van der Waals surface area contributed by atoms with Gasteiger partial charge in [-0.25, -0.2) is 0 Å². The summed E-state index contributed by atoms with van der Waals surface area (Å²) >= 11 is 0. The van der Waals surface area contributed by atoms with Gasteiger partial charge in [0.25, 0.3) is 0 Å². The summed E-state index contributed by atoms with van der Waals surface area (Å²) < 4.78 is 5.91. The maximum absolute atomic E-state index is 8.00. The number of hydrogen-bond acceptors (Lipinski definition) is 4. The third kappa shape index (κ3) is 8.16. The lowest BCUT2D eigenvalue weighted by molar-refractivity contribution is -0.0980. The van der Waals surface area contributed by atoms with Crippen molar-refractivity contribution in [2.24, 2.45) is 10.9 Å². The molecule has 2 atom stereocenters. The van der Waals surface area contributed by atoms with Crippen LogP contribution in [0.4, 0.5) is 0 Å². The van der Waals surface area contributed by atoms with Gasteiger partial charge in [0.05, 0.1) is 5.54 Å². The molecule has 0 radical (unpaired) electrons. The van der Waals surface area contributed by atoms with Crippen molar-refractivity contribution in [2.45, 2.75) is 104 Å². The number of nitrogens with one attached hydrogen (secondary N) is 1. The molecule has 1 saturated carbocycles. The van der Waals surface area contributed by atoms with Crippen LogP contribution in [0.25, 0.3) is 5.57 Å². The van der Waals surface area contributed by atoms with E-state index in [9.17, 15) is 0 Å². The molecule has 4 nitrogen and oxygen atoms in total. The topological polar surface area (TPSA) is 50.7 Å². The first kappa shape index (κ1) is 33.5. The summed E-state index contributed by atoms with van der Waals surface area (Å²) in [4.78, 5) is 13.4. The number of ether oxygens (including phenoxy) is 1. The molecular weight excluding hydrogens is 492 g/mol.